The van der Waals surface area contributed by atoms with Crippen molar-refractivity contribution >= 4 is 27.8 Å². The van der Waals surface area contributed by atoms with E-state index in [0.717, 1.165) is 59.6 Å². The van der Waals surface area contributed by atoms with E-state index in [4.69, 9.17) is 9.72 Å². The van der Waals surface area contributed by atoms with Gasteiger partial charge in [-0.25, -0.2) is 9.78 Å². The molecule has 0 radical (unpaired) electrons. The summed E-state index contributed by atoms with van der Waals surface area (Å²) >= 11 is 0. The summed E-state index contributed by atoms with van der Waals surface area (Å²) < 4.78 is 9.80. The number of amides is 1. The molecule has 2 fully saturated rings. The summed E-state index contributed by atoms with van der Waals surface area (Å²) in [5.41, 5.74) is 5.24. The van der Waals surface area contributed by atoms with Gasteiger partial charge >= 0.3 is 6.09 Å². The summed E-state index contributed by atoms with van der Waals surface area (Å²) in [5, 5.41) is 8.00. The van der Waals surface area contributed by atoms with Crippen molar-refractivity contribution in [2.24, 2.45) is 19.5 Å². The number of ether oxygens (including phenoxy) is 1. The fourth-order valence-electron chi connectivity index (χ4n) is 6.78. The summed E-state index contributed by atoms with van der Waals surface area (Å²) in [6, 6.07) is 21.6. The number of fused-ring (bicyclic) bond motifs is 2. The van der Waals surface area contributed by atoms with Crippen LogP contribution in [0.1, 0.15) is 45.4 Å². The fraction of sp³-hybridized carbons (Fsp3) is 0.364. The van der Waals surface area contributed by atoms with Crippen LogP contribution in [-0.4, -0.2) is 49.0 Å². The van der Waals surface area contributed by atoms with E-state index < -0.39 is 5.60 Å². The van der Waals surface area contributed by atoms with Crippen LogP contribution in [0.25, 0.3) is 44.2 Å². The first-order valence-electron chi connectivity index (χ1n) is 14.1. The lowest BCUT2D eigenvalue weighted by atomic mass is 9.57. The van der Waals surface area contributed by atoms with Crippen LogP contribution in [-0.2, 0) is 18.8 Å². The normalized spacial score (nSPS) is 16.9. The van der Waals surface area contributed by atoms with Gasteiger partial charge in [-0.3, -0.25) is 4.68 Å². The van der Waals surface area contributed by atoms with E-state index >= 15 is 0 Å². The Hall–Kier alpha value is -4.13. The zero-order valence-electron chi connectivity index (χ0n) is 23.8. The molecule has 7 rings (SSSR count). The SMILES string of the molecule is Cn1c(C2CC3(C2)CN(C(=O)OC(C)(C)C)C3)nc(-c2ccc3c(cnn3C)c2)c1-c1cccc2ccccc12. The van der Waals surface area contributed by atoms with Gasteiger partial charge in [-0.1, -0.05) is 48.5 Å². The summed E-state index contributed by atoms with van der Waals surface area (Å²) in [5.74, 6) is 1.47. The van der Waals surface area contributed by atoms with Crippen LogP contribution in [0.3, 0.4) is 0 Å². The lowest BCUT2D eigenvalue weighted by Gasteiger charge is -2.58. The third-order valence-electron chi connectivity index (χ3n) is 8.62. The molecule has 1 spiro atoms. The van der Waals surface area contributed by atoms with Crippen molar-refractivity contribution in [3.8, 4) is 22.5 Å². The zero-order chi connectivity index (χ0) is 27.8. The molecule has 1 amide bonds. The largest absolute Gasteiger partial charge is 0.444 e. The molecule has 40 heavy (non-hydrogen) atoms. The first kappa shape index (κ1) is 24.9. The molecule has 1 saturated heterocycles. The fourth-order valence-corrected chi connectivity index (χ4v) is 6.78. The van der Waals surface area contributed by atoms with Gasteiger partial charge in [0.15, 0.2) is 0 Å². The van der Waals surface area contributed by atoms with Crippen LogP contribution in [0.4, 0.5) is 4.79 Å². The van der Waals surface area contributed by atoms with Crippen molar-refractivity contribution in [1.82, 2.24) is 24.2 Å². The maximum Gasteiger partial charge on any atom is 0.410 e. The highest BCUT2D eigenvalue weighted by atomic mass is 16.6. The first-order chi connectivity index (χ1) is 19.1. The van der Waals surface area contributed by atoms with E-state index in [9.17, 15) is 4.79 Å². The molecule has 0 bridgehead atoms. The van der Waals surface area contributed by atoms with Crippen molar-refractivity contribution in [3.05, 3.63) is 72.7 Å². The predicted molar refractivity (Wildman–Crippen MR) is 158 cm³/mol. The Labute approximate surface area is 234 Å². The van der Waals surface area contributed by atoms with Crippen molar-refractivity contribution in [1.29, 1.82) is 0 Å². The van der Waals surface area contributed by atoms with Crippen LogP contribution >= 0.6 is 0 Å². The maximum absolute atomic E-state index is 12.5. The molecule has 2 aliphatic rings. The minimum Gasteiger partial charge on any atom is -0.444 e. The van der Waals surface area contributed by atoms with Crippen molar-refractivity contribution in [2.45, 2.75) is 45.1 Å². The Kier molecular flexibility index (Phi) is 5.40. The number of carbonyl (C=O) groups is 1. The van der Waals surface area contributed by atoms with Crippen LogP contribution in [0, 0.1) is 5.41 Å². The van der Waals surface area contributed by atoms with Gasteiger partial charge in [-0.05, 0) is 56.5 Å². The molecule has 1 saturated carbocycles. The zero-order valence-corrected chi connectivity index (χ0v) is 23.8. The van der Waals surface area contributed by atoms with E-state index in [1.807, 2.05) is 43.6 Å². The van der Waals surface area contributed by atoms with Crippen LogP contribution in [0.5, 0.6) is 0 Å². The molecular weight excluding hydrogens is 498 g/mol. The quantitative estimate of drug-likeness (QED) is 0.253. The molecule has 7 heteroatoms. The number of benzene rings is 3. The van der Waals surface area contributed by atoms with Crippen molar-refractivity contribution < 1.29 is 9.53 Å². The maximum atomic E-state index is 12.5. The van der Waals surface area contributed by atoms with E-state index in [-0.39, 0.29) is 11.5 Å². The van der Waals surface area contributed by atoms with Gasteiger partial charge < -0.3 is 14.2 Å². The Morgan fingerprint density at radius 2 is 1.73 bits per heavy atom. The van der Waals surface area contributed by atoms with Gasteiger partial charge in [0, 0.05) is 55.0 Å². The van der Waals surface area contributed by atoms with Gasteiger partial charge in [-0.15, -0.1) is 0 Å². The van der Waals surface area contributed by atoms with Crippen molar-refractivity contribution in [3.63, 3.8) is 0 Å². The molecule has 0 unspecified atom stereocenters. The standard InChI is InChI=1S/C33H35N5O2/c1-32(2,3)40-31(39)38-19-33(20-38)16-24(17-33)30-35-28(22-13-14-27-23(15-22)18-34-37(27)5)29(36(30)4)26-12-8-10-21-9-6-7-11-25(21)26/h6-15,18,24H,16-17,19-20H2,1-5H3. The lowest BCUT2D eigenvalue weighted by molar-refractivity contribution is -0.0800. The molecule has 0 atom stereocenters. The van der Waals surface area contributed by atoms with E-state index in [1.54, 1.807) is 0 Å². The molecular formula is C33H35N5O2. The number of aromatic nitrogens is 4. The first-order valence-corrected chi connectivity index (χ1v) is 14.1. The molecule has 204 valence electrons. The lowest BCUT2D eigenvalue weighted by Crippen LogP contribution is -2.63. The van der Waals surface area contributed by atoms with Crippen LogP contribution in [0.2, 0.25) is 0 Å². The van der Waals surface area contributed by atoms with Crippen LogP contribution < -0.4 is 0 Å². The second-order valence-electron chi connectivity index (χ2n) is 12.7. The van der Waals surface area contributed by atoms with Gasteiger partial charge in [0.05, 0.1) is 23.1 Å². The minimum atomic E-state index is -0.470. The molecule has 5 aromatic rings. The number of rotatable bonds is 3. The second-order valence-corrected chi connectivity index (χ2v) is 12.7. The highest BCUT2D eigenvalue weighted by molar-refractivity contribution is 5.99. The number of nitrogens with zero attached hydrogens (tertiary/aromatic N) is 5. The number of carbonyl (C=O) groups excluding carboxylic acids is 1. The second kappa shape index (κ2) is 8.68. The average Bonchev–Trinajstić information content (AvgIpc) is 3.40. The number of imidazole rings is 1. The van der Waals surface area contributed by atoms with Gasteiger partial charge in [0.2, 0.25) is 0 Å². The Morgan fingerprint density at radius 1 is 0.975 bits per heavy atom. The monoisotopic (exact) mass is 533 g/mol. The van der Waals surface area contributed by atoms with Gasteiger partial charge in [0.1, 0.15) is 11.4 Å². The molecule has 1 aliphatic carbocycles. The smallest absolute Gasteiger partial charge is 0.410 e. The van der Waals surface area contributed by atoms with Gasteiger partial charge in [-0.2, -0.15) is 5.10 Å². The Bertz CT molecular complexity index is 1770. The Morgan fingerprint density at radius 3 is 2.50 bits per heavy atom. The highest BCUT2D eigenvalue weighted by Gasteiger charge is 2.55. The average molecular weight is 534 g/mol. The number of hydrogen-bond donors (Lipinski definition) is 0. The third kappa shape index (κ3) is 3.98. The highest BCUT2D eigenvalue weighted by Crippen LogP contribution is 2.56. The molecule has 3 heterocycles. The minimum absolute atomic E-state index is 0.182. The van der Waals surface area contributed by atoms with Gasteiger partial charge in [0.25, 0.3) is 0 Å². The van der Waals surface area contributed by atoms with E-state index in [0.29, 0.717) is 5.92 Å². The summed E-state index contributed by atoms with van der Waals surface area (Å²) in [7, 11) is 4.13. The summed E-state index contributed by atoms with van der Waals surface area (Å²) in [4.78, 5) is 19.7. The topological polar surface area (TPSA) is 65.2 Å². The summed E-state index contributed by atoms with van der Waals surface area (Å²) in [6.07, 6.45) is 3.79. The van der Waals surface area contributed by atoms with E-state index in [2.05, 4.69) is 77.4 Å². The van der Waals surface area contributed by atoms with Crippen LogP contribution in [0.15, 0.2) is 66.9 Å². The number of aryl methyl sites for hydroxylation is 1. The molecule has 3 aromatic carbocycles. The predicted octanol–water partition coefficient (Wildman–Crippen LogP) is 6.91. The molecule has 7 nitrogen and oxygen atoms in total. The molecule has 1 aliphatic heterocycles. The number of likely N-dealkylation sites (tertiary alicyclic amines) is 1. The third-order valence-corrected chi connectivity index (χ3v) is 8.62. The number of hydrogen-bond acceptors (Lipinski definition) is 4. The summed E-state index contributed by atoms with van der Waals surface area (Å²) in [6.45, 7) is 7.28. The molecule has 2 aromatic heterocycles. The Balaban J connectivity index is 1.25. The van der Waals surface area contributed by atoms with E-state index in [1.165, 1.54) is 16.3 Å². The van der Waals surface area contributed by atoms with Crippen molar-refractivity contribution in [2.75, 3.05) is 13.1 Å². The molecule has 0 N–H and O–H groups in total.